The number of nitrogens with zero attached hydrogens (tertiary/aromatic N) is 2. The fourth-order valence-electron chi connectivity index (χ4n) is 3.11. The molecule has 0 spiro atoms. The molecule has 152 valence electrons. The number of hydrogen-bond donors (Lipinski definition) is 1. The van der Waals surface area contributed by atoms with Crippen LogP contribution in [-0.4, -0.2) is 29.7 Å². The molecule has 3 rings (SSSR count). The largest absolute Gasteiger partial charge is 0.497 e. The summed E-state index contributed by atoms with van der Waals surface area (Å²) in [6.45, 7) is 0. The van der Waals surface area contributed by atoms with Gasteiger partial charge in [-0.25, -0.2) is 9.37 Å². The van der Waals surface area contributed by atoms with Gasteiger partial charge in [-0.05, 0) is 41.8 Å². The van der Waals surface area contributed by atoms with Crippen molar-refractivity contribution in [3.63, 3.8) is 0 Å². The van der Waals surface area contributed by atoms with E-state index in [9.17, 15) is 9.18 Å². The van der Waals surface area contributed by atoms with Crippen molar-refractivity contribution >= 4 is 5.91 Å². The molecule has 2 aromatic carbocycles. The molecule has 0 aliphatic rings. The van der Waals surface area contributed by atoms with Gasteiger partial charge in [0.2, 0.25) is 5.91 Å². The first kappa shape index (κ1) is 20.4. The molecule has 29 heavy (non-hydrogen) atoms. The number of aryl methyl sites for hydroxylation is 2. The fraction of sp³-hybridized carbons (Fsp3) is 0.273. The van der Waals surface area contributed by atoms with E-state index >= 15 is 0 Å². The molecule has 0 fully saturated rings. The predicted octanol–water partition coefficient (Wildman–Crippen LogP) is 3.41. The summed E-state index contributed by atoms with van der Waals surface area (Å²) < 4.78 is 25.9. The van der Waals surface area contributed by atoms with Crippen molar-refractivity contribution in [3.8, 4) is 11.5 Å². The molecule has 1 aromatic heterocycles. The van der Waals surface area contributed by atoms with Gasteiger partial charge in [0.1, 0.15) is 17.6 Å². The maximum atomic E-state index is 13.9. The molecule has 0 bridgehead atoms. The van der Waals surface area contributed by atoms with Gasteiger partial charge in [0.05, 0.1) is 14.2 Å². The van der Waals surface area contributed by atoms with E-state index in [1.165, 1.54) is 13.2 Å². The lowest BCUT2D eigenvalue weighted by molar-refractivity contribution is -0.121. The summed E-state index contributed by atoms with van der Waals surface area (Å²) in [6.07, 6.45) is 4.17. The second-order valence-electron chi connectivity index (χ2n) is 6.64. The normalized spacial score (nSPS) is 11.7. The maximum absolute atomic E-state index is 13.9. The molecule has 1 unspecified atom stereocenters. The van der Waals surface area contributed by atoms with Gasteiger partial charge in [0, 0.05) is 25.9 Å². The summed E-state index contributed by atoms with van der Waals surface area (Å²) in [6, 6.07) is 11.8. The SMILES string of the molecule is COc1ccc(C(NC(=O)CCc2ccc(OC)c(F)c2)c2nccn2C)cc1. The zero-order chi connectivity index (χ0) is 20.8. The molecule has 0 saturated carbocycles. The molecule has 3 aromatic rings. The van der Waals surface area contributed by atoms with E-state index in [0.29, 0.717) is 6.42 Å². The monoisotopic (exact) mass is 397 g/mol. The first-order valence-corrected chi connectivity index (χ1v) is 9.24. The van der Waals surface area contributed by atoms with Crippen LogP contribution in [-0.2, 0) is 18.3 Å². The van der Waals surface area contributed by atoms with E-state index in [2.05, 4.69) is 10.3 Å². The van der Waals surface area contributed by atoms with Gasteiger partial charge in [-0.15, -0.1) is 0 Å². The Labute approximate surface area is 169 Å². The molecule has 1 amide bonds. The van der Waals surface area contributed by atoms with Crippen molar-refractivity contribution in [2.75, 3.05) is 14.2 Å². The van der Waals surface area contributed by atoms with Crippen molar-refractivity contribution in [1.82, 2.24) is 14.9 Å². The van der Waals surface area contributed by atoms with Gasteiger partial charge in [-0.2, -0.15) is 0 Å². The Bertz CT molecular complexity index is 970. The molecule has 7 heteroatoms. The van der Waals surface area contributed by atoms with E-state index in [4.69, 9.17) is 9.47 Å². The lowest BCUT2D eigenvalue weighted by atomic mass is 10.0. The van der Waals surface area contributed by atoms with E-state index in [0.717, 1.165) is 22.7 Å². The molecule has 1 heterocycles. The Morgan fingerprint density at radius 3 is 2.52 bits per heavy atom. The van der Waals surface area contributed by atoms with E-state index < -0.39 is 11.9 Å². The van der Waals surface area contributed by atoms with Crippen molar-refractivity contribution in [3.05, 3.63) is 77.6 Å². The molecular weight excluding hydrogens is 373 g/mol. The smallest absolute Gasteiger partial charge is 0.221 e. The standard InChI is InChI=1S/C22H24FN3O3/c1-26-13-12-24-22(26)21(16-6-8-17(28-2)9-7-16)25-20(27)11-5-15-4-10-19(29-3)18(23)14-15/h4,6-10,12-14,21H,5,11H2,1-3H3,(H,25,27). The number of methoxy groups -OCH3 is 2. The minimum Gasteiger partial charge on any atom is -0.497 e. The van der Waals surface area contributed by atoms with Crippen LogP contribution in [0.3, 0.4) is 0 Å². The number of aromatic nitrogens is 2. The molecule has 0 radical (unpaired) electrons. The van der Waals surface area contributed by atoms with E-state index in [1.54, 1.807) is 25.4 Å². The minimum atomic E-state index is -0.436. The first-order chi connectivity index (χ1) is 14.0. The molecule has 0 saturated heterocycles. The van der Waals surface area contributed by atoms with Crippen LogP contribution in [0.1, 0.15) is 29.4 Å². The molecule has 1 atom stereocenters. The number of carbonyl (C=O) groups is 1. The van der Waals surface area contributed by atoms with Gasteiger partial charge in [-0.1, -0.05) is 18.2 Å². The van der Waals surface area contributed by atoms with E-state index in [1.807, 2.05) is 42.1 Å². The minimum absolute atomic E-state index is 0.148. The molecule has 1 N–H and O–H groups in total. The van der Waals surface area contributed by atoms with Crippen LogP contribution in [0, 0.1) is 5.82 Å². The summed E-state index contributed by atoms with van der Waals surface area (Å²) in [5, 5.41) is 3.04. The zero-order valence-corrected chi connectivity index (χ0v) is 16.7. The average Bonchev–Trinajstić information content (AvgIpc) is 3.16. The number of nitrogens with one attached hydrogen (secondary N) is 1. The van der Waals surface area contributed by atoms with Crippen molar-refractivity contribution in [1.29, 1.82) is 0 Å². The van der Waals surface area contributed by atoms with Crippen molar-refractivity contribution in [2.24, 2.45) is 7.05 Å². The average molecular weight is 397 g/mol. The second-order valence-corrected chi connectivity index (χ2v) is 6.64. The van der Waals surface area contributed by atoms with Crippen LogP contribution >= 0.6 is 0 Å². The van der Waals surface area contributed by atoms with Crippen LogP contribution in [0.2, 0.25) is 0 Å². The number of amides is 1. The number of halogens is 1. The number of imidazole rings is 1. The number of carbonyl (C=O) groups excluding carboxylic acids is 1. The van der Waals surface area contributed by atoms with E-state index in [-0.39, 0.29) is 18.1 Å². The van der Waals surface area contributed by atoms with Gasteiger partial charge in [0.25, 0.3) is 0 Å². The van der Waals surface area contributed by atoms with Crippen LogP contribution in [0.15, 0.2) is 54.9 Å². The summed E-state index contributed by atoms with van der Waals surface area (Å²) >= 11 is 0. The lowest BCUT2D eigenvalue weighted by Crippen LogP contribution is -2.31. The summed E-state index contributed by atoms with van der Waals surface area (Å²) in [4.78, 5) is 17.0. The molecule has 6 nitrogen and oxygen atoms in total. The number of rotatable bonds is 8. The highest BCUT2D eigenvalue weighted by atomic mass is 19.1. The summed E-state index contributed by atoms with van der Waals surface area (Å²) in [5.74, 6) is 1.06. The number of hydrogen-bond acceptors (Lipinski definition) is 4. The Morgan fingerprint density at radius 2 is 1.93 bits per heavy atom. The molecule has 0 aliphatic heterocycles. The Morgan fingerprint density at radius 1 is 1.17 bits per heavy atom. The topological polar surface area (TPSA) is 65.4 Å². The Hall–Kier alpha value is -3.35. The van der Waals surface area contributed by atoms with Gasteiger partial charge in [-0.3, -0.25) is 4.79 Å². The Balaban J connectivity index is 1.72. The van der Waals surface area contributed by atoms with Gasteiger partial charge >= 0.3 is 0 Å². The van der Waals surface area contributed by atoms with Crippen LogP contribution in [0.4, 0.5) is 4.39 Å². The van der Waals surface area contributed by atoms with Crippen LogP contribution in [0.5, 0.6) is 11.5 Å². The Kier molecular flexibility index (Phi) is 6.49. The predicted molar refractivity (Wildman–Crippen MR) is 107 cm³/mol. The number of ether oxygens (including phenoxy) is 2. The lowest BCUT2D eigenvalue weighted by Gasteiger charge is -2.19. The summed E-state index contributed by atoms with van der Waals surface area (Å²) in [7, 11) is 4.91. The maximum Gasteiger partial charge on any atom is 0.221 e. The number of benzene rings is 2. The second kappa shape index (κ2) is 9.23. The van der Waals surface area contributed by atoms with Gasteiger partial charge < -0.3 is 19.4 Å². The zero-order valence-electron chi connectivity index (χ0n) is 16.7. The van der Waals surface area contributed by atoms with Crippen molar-refractivity contribution < 1.29 is 18.7 Å². The van der Waals surface area contributed by atoms with Crippen LogP contribution in [0.25, 0.3) is 0 Å². The summed E-state index contributed by atoms with van der Waals surface area (Å²) in [5.41, 5.74) is 1.63. The first-order valence-electron chi connectivity index (χ1n) is 9.24. The van der Waals surface area contributed by atoms with Crippen molar-refractivity contribution in [2.45, 2.75) is 18.9 Å². The highest BCUT2D eigenvalue weighted by Gasteiger charge is 2.21. The third-order valence-electron chi connectivity index (χ3n) is 4.73. The highest BCUT2D eigenvalue weighted by molar-refractivity contribution is 5.77. The van der Waals surface area contributed by atoms with Crippen LogP contribution < -0.4 is 14.8 Å². The molecule has 0 aliphatic carbocycles. The third-order valence-corrected chi connectivity index (χ3v) is 4.73. The highest BCUT2D eigenvalue weighted by Crippen LogP contribution is 2.23. The fourth-order valence-corrected chi connectivity index (χ4v) is 3.11. The quantitative estimate of drug-likeness (QED) is 0.633. The molecular formula is C22H24FN3O3. The van der Waals surface area contributed by atoms with Gasteiger partial charge in [0.15, 0.2) is 11.6 Å². The third kappa shape index (κ3) is 4.93.